The van der Waals surface area contributed by atoms with Crippen molar-refractivity contribution < 1.29 is 0 Å². The van der Waals surface area contributed by atoms with Gasteiger partial charge in [0.05, 0.1) is 11.9 Å². The third-order valence-electron chi connectivity index (χ3n) is 4.01. The van der Waals surface area contributed by atoms with Gasteiger partial charge in [-0.1, -0.05) is 35.9 Å². The van der Waals surface area contributed by atoms with Crippen molar-refractivity contribution in [2.75, 3.05) is 5.32 Å². The van der Waals surface area contributed by atoms with Crippen molar-refractivity contribution in [3.63, 3.8) is 0 Å². The van der Waals surface area contributed by atoms with Crippen LogP contribution in [0.3, 0.4) is 0 Å². The van der Waals surface area contributed by atoms with Crippen LogP contribution in [0.4, 0.5) is 11.6 Å². The predicted molar refractivity (Wildman–Crippen MR) is 102 cm³/mol. The number of nitriles is 1. The second-order valence-electron chi connectivity index (χ2n) is 5.91. The van der Waals surface area contributed by atoms with E-state index in [1.165, 1.54) is 11.8 Å². The predicted octanol–water partition coefficient (Wildman–Crippen LogP) is 3.65. The maximum absolute atomic E-state index is 9.37. The zero-order valence-corrected chi connectivity index (χ0v) is 14.5. The van der Waals surface area contributed by atoms with Gasteiger partial charge in [0.1, 0.15) is 11.6 Å². The number of aromatic nitrogens is 5. The number of pyridine rings is 1. The van der Waals surface area contributed by atoms with E-state index in [4.69, 9.17) is 0 Å². The molecule has 0 atom stereocenters. The van der Waals surface area contributed by atoms with E-state index in [-0.39, 0.29) is 0 Å². The molecule has 7 heteroatoms. The minimum Gasteiger partial charge on any atom is -0.322 e. The molecule has 130 valence electrons. The summed E-state index contributed by atoms with van der Waals surface area (Å²) in [6.45, 7) is 2.04. The molecule has 0 bridgehead atoms. The molecule has 0 aliphatic carbocycles. The molecular formula is C20H15N7. The van der Waals surface area contributed by atoms with E-state index >= 15 is 0 Å². The number of hydrogen-bond donors (Lipinski definition) is 1. The van der Waals surface area contributed by atoms with Crippen LogP contribution in [0.25, 0.3) is 17.1 Å². The van der Waals surface area contributed by atoms with Crippen molar-refractivity contribution in [1.29, 1.82) is 5.26 Å². The average molecular weight is 353 g/mol. The molecule has 0 radical (unpaired) electrons. The summed E-state index contributed by atoms with van der Waals surface area (Å²) >= 11 is 0. The van der Waals surface area contributed by atoms with Crippen LogP contribution in [0.15, 0.2) is 67.0 Å². The van der Waals surface area contributed by atoms with Crippen LogP contribution in [0.2, 0.25) is 0 Å². The van der Waals surface area contributed by atoms with Crippen molar-refractivity contribution in [3.8, 4) is 23.1 Å². The van der Waals surface area contributed by atoms with Gasteiger partial charge in [-0.05, 0) is 31.2 Å². The van der Waals surface area contributed by atoms with Gasteiger partial charge < -0.3 is 5.32 Å². The van der Waals surface area contributed by atoms with Crippen LogP contribution in [0.1, 0.15) is 11.1 Å². The number of aryl methyl sites for hydroxylation is 1. The molecule has 1 N–H and O–H groups in total. The normalized spacial score (nSPS) is 10.4. The molecular weight excluding hydrogens is 338 g/mol. The van der Waals surface area contributed by atoms with Gasteiger partial charge in [0.15, 0.2) is 17.5 Å². The highest BCUT2D eigenvalue weighted by atomic mass is 15.4. The lowest BCUT2D eigenvalue weighted by atomic mass is 10.1. The Morgan fingerprint density at radius 2 is 1.85 bits per heavy atom. The van der Waals surface area contributed by atoms with Gasteiger partial charge in [-0.2, -0.15) is 15.0 Å². The van der Waals surface area contributed by atoms with Crippen LogP contribution < -0.4 is 5.32 Å². The Morgan fingerprint density at radius 1 is 1.00 bits per heavy atom. The Bertz CT molecular complexity index is 1090. The standard InChI is InChI=1S/C20H15N7/c1-14-5-7-15(8-6-14)17-9-10-18(26-25-17)24-20-16(12-21)13-23-27(20)19-4-2-3-11-22-19/h2-11,13H,1H3,(H,24,26). The fourth-order valence-corrected chi connectivity index (χ4v) is 2.60. The number of anilines is 2. The summed E-state index contributed by atoms with van der Waals surface area (Å²) in [6, 6.07) is 19.4. The summed E-state index contributed by atoms with van der Waals surface area (Å²) < 4.78 is 1.56. The first-order valence-electron chi connectivity index (χ1n) is 8.32. The topological polar surface area (TPSA) is 92.3 Å². The van der Waals surface area contributed by atoms with Gasteiger partial charge >= 0.3 is 0 Å². The van der Waals surface area contributed by atoms with Gasteiger partial charge in [-0.25, -0.2) is 4.98 Å². The Hall–Kier alpha value is -4.05. The molecule has 0 fully saturated rings. The van der Waals surface area contributed by atoms with Crippen molar-refractivity contribution in [2.45, 2.75) is 6.92 Å². The van der Waals surface area contributed by atoms with E-state index in [0.717, 1.165) is 11.3 Å². The van der Waals surface area contributed by atoms with Crippen LogP contribution in [-0.2, 0) is 0 Å². The molecule has 0 amide bonds. The summed E-state index contributed by atoms with van der Waals surface area (Å²) in [5.74, 6) is 1.61. The van der Waals surface area contributed by atoms with Crippen molar-refractivity contribution in [1.82, 2.24) is 25.0 Å². The Kier molecular flexibility index (Phi) is 4.29. The maximum atomic E-state index is 9.37. The zero-order chi connectivity index (χ0) is 18.6. The third-order valence-corrected chi connectivity index (χ3v) is 4.01. The Morgan fingerprint density at radius 3 is 2.52 bits per heavy atom. The number of hydrogen-bond acceptors (Lipinski definition) is 6. The highest BCUT2D eigenvalue weighted by Crippen LogP contribution is 2.23. The van der Waals surface area contributed by atoms with Gasteiger partial charge in [-0.15, -0.1) is 10.2 Å². The lowest BCUT2D eigenvalue weighted by molar-refractivity contribution is 0.852. The largest absolute Gasteiger partial charge is 0.322 e. The molecule has 4 rings (SSSR count). The molecule has 0 spiro atoms. The Balaban J connectivity index is 1.64. The lowest BCUT2D eigenvalue weighted by Crippen LogP contribution is -2.06. The molecule has 0 saturated heterocycles. The monoisotopic (exact) mass is 353 g/mol. The molecule has 27 heavy (non-hydrogen) atoms. The smallest absolute Gasteiger partial charge is 0.155 e. The fourth-order valence-electron chi connectivity index (χ4n) is 2.60. The Labute approximate surface area is 156 Å². The van der Waals surface area contributed by atoms with E-state index < -0.39 is 0 Å². The molecule has 0 aliphatic heterocycles. The molecule has 3 heterocycles. The maximum Gasteiger partial charge on any atom is 0.155 e. The highest BCUT2D eigenvalue weighted by molar-refractivity contribution is 5.64. The summed E-state index contributed by atoms with van der Waals surface area (Å²) in [6.07, 6.45) is 3.16. The molecule has 1 aromatic carbocycles. The van der Waals surface area contributed by atoms with Crippen LogP contribution in [0.5, 0.6) is 0 Å². The summed E-state index contributed by atoms with van der Waals surface area (Å²) in [7, 11) is 0. The van der Waals surface area contributed by atoms with E-state index in [9.17, 15) is 5.26 Å². The highest BCUT2D eigenvalue weighted by Gasteiger charge is 2.14. The molecule has 0 saturated carbocycles. The number of rotatable bonds is 4. The van der Waals surface area contributed by atoms with E-state index in [1.54, 1.807) is 10.9 Å². The second kappa shape index (κ2) is 7.06. The molecule has 4 aromatic rings. The first kappa shape index (κ1) is 16.4. The minimum atomic E-state index is 0.394. The van der Waals surface area contributed by atoms with Crippen LogP contribution in [-0.4, -0.2) is 25.0 Å². The first-order chi connectivity index (χ1) is 13.2. The molecule has 0 aliphatic rings. The lowest BCUT2D eigenvalue weighted by Gasteiger charge is -2.09. The van der Waals surface area contributed by atoms with Crippen LogP contribution >= 0.6 is 0 Å². The van der Waals surface area contributed by atoms with E-state index in [0.29, 0.717) is 23.0 Å². The van der Waals surface area contributed by atoms with Gasteiger partial charge in [0.25, 0.3) is 0 Å². The van der Waals surface area contributed by atoms with Crippen molar-refractivity contribution >= 4 is 11.6 Å². The molecule has 0 unspecified atom stereocenters. The third kappa shape index (κ3) is 3.37. The summed E-state index contributed by atoms with van der Waals surface area (Å²) in [5, 5.41) is 25.2. The van der Waals surface area contributed by atoms with Gasteiger partial charge in [-0.3, -0.25) is 0 Å². The van der Waals surface area contributed by atoms with Crippen molar-refractivity contribution in [2.24, 2.45) is 0 Å². The van der Waals surface area contributed by atoms with Gasteiger partial charge in [0.2, 0.25) is 0 Å². The SMILES string of the molecule is Cc1ccc(-c2ccc(Nc3c(C#N)cnn3-c3ccccn3)nn2)cc1. The molecule has 3 aromatic heterocycles. The number of nitrogens with zero attached hydrogens (tertiary/aromatic N) is 6. The number of nitrogens with one attached hydrogen (secondary N) is 1. The molecule has 7 nitrogen and oxygen atoms in total. The summed E-state index contributed by atoms with van der Waals surface area (Å²) in [4.78, 5) is 4.27. The second-order valence-corrected chi connectivity index (χ2v) is 5.91. The number of benzene rings is 1. The summed E-state index contributed by atoms with van der Waals surface area (Å²) in [5.41, 5.74) is 3.36. The first-order valence-corrected chi connectivity index (χ1v) is 8.32. The fraction of sp³-hybridized carbons (Fsp3) is 0.0500. The zero-order valence-electron chi connectivity index (χ0n) is 14.5. The quantitative estimate of drug-likeness (QED) is 0.602. The van der Waals surface area contributed by atoms with Crippen LogP contribution in [0, 0.1) is 18.3 Å². The van der Waals surface area contributed by atoms with E-state index in [1.807, 2.05) is 61.5 Å². The van der Waals surface area contributed by atoms with Gasteiger partial charge in [0, 0.05) is 11.8 Å². The van der Waals surface area contributed by atoms with E-state index in [2.05, 4.69) is 31.7 Å². The average Bonchev–Trinajstić information content (AvgIpc) is 3.12. The van der Waals surface area contributed by atoms with Crippen molar-refractivity contribution in [3.05, 3.63) is 78.1 Å². The minimum absolute atomic E-state index is 0.394.